The van der Waals surface area contributed by atoms with Crippen molar-refractivity contribution in [1.82, 2.24) is 9.78 Å². The summed E-state index contributed by atoms with van der Waals surface area (Å²) in [5.74, 6) is 0. The predicted molar refractivity (Wildman–Crippen MR) is 69.6 cm³/mol. The van der Waals surface area contributed by atoms with Crippen molar-refractivity contribution in [3.05, 3.63) is 12.4 Å². The van der Waals surface area contributed by atoms with E-state index in [1.54, 1.807) is 17.8 Å². The van der Waals surface area contributed by atoms with Gasteiger partial charge < -0.3 is 14.4 Å². The summed E-state index contributed by atoms with van der Waals surface area (Å²) < 4.78 is 13.6. The van der Waals surface area contributed by atoms with E-state index < -0.39 is 13.2 Å². The molecule has 18 heavy (non-hydrogen) atoms. The molecule has 2 rings (SSSR count). The average Bonchev–Trinajstić information content (AvgIpc) is 2.70. The van der Waals surface area contributed by atoms with Crippen molar-refractivity contribution in [2.24, 2.45) is 0 Å². The maximum Gasteiger partial charge on any atom is 0.498 e. The van der Waals surface area contributed by atoms with Crippen LogP contribution in [-0.4, -0.2) is 39.3 Å². The third kappa shape index (κ3) is 2.46. The first-order valence-electron chi connectivity index (χ1n) is 6.27. The van der Waals surface area contributed by atoms with Gasteiger partial charge in [-0.05, 0) is 34.6 Å². The van der Waals surface area contributed by atoms with Crippen LogP contribution < -0.4 is 5.46 Å². The number of aliphatic hydroxyl groups is 1. The lowest BCUT2D eigenvalue weighted by atomic mass is 9.82. The van der Waals surface area contributed by atoms with Gasteiger partial charge in [0, 0.05) is 17.9 Å². The van der Waals surface area contributed by atoms with Crippen molar-refractivity contribution in [1.29, 1.82) is 0 Å². The molecule has 0 aliphatic carbocycles. The summed E-state index contributed by atoms with van der Waals surface area (Å²) in [7, 11) is -0.391. The highest BCUT2D eigenvalue weighted by atomic mass is 16.7. The van der Waals surface area contributed by atoms with E-state index in [1.807, 2.05) is 33.9 Å². The largest absolute Gasteiger partial charge is 0.498 e. The molecule has 0 unspecified atom stereocenters. The van der Waals surface area contributed by atoms with Gasteiger partial charge in [-0.15, -0.1) is 0 Å². The van der Waals surface area contributed by atoms with E-state index in [2.05, 4.69) is 5.10 Å². The number of hydrogen-bond donors (Lipinski definition) is 1. The molecule has 0 saturated carbocycles. The summed E-state index contributed by atoms with van der Waals surface area (Å²) >= 11 is 0. The Kier molecular flexibility index (Phi) is 3.29. The third-order valence-electron chi connectivity index (χ3n) is 3.63. The molecule has 1 aliphatic heterocycles. The third-order valence-corrected chi connectivity index (χ3v) is 3.63. The molecule has 6 heteroatoms. The smallest absolute Gasteiger partial charge is 0.399 e. The van der Waals surface area contributed by atoms with Crippen LogP contribution in [0, 0.1) is 0 Å². The lowest BCUT2D eigenvalue weighted by molar-refractivity contribution is 0.00578. The Balaban J connectivity index is 2.12. The molecule has 0 aromatic carbocycles. The lowest BCUT2D eigenvalue weighted by Crippen LogP contribution is -2.41. The minimum absolute atomic E-state index is 0.343. The zero-order valence-electron chi connectivity index (χ0n) is 11.7. The quantitative estimate of drug-likeness (QED) is 0.799. The van der Waals surface area contributed by atoms with Crippen LogP contribution >= 0.6 is 0 Å². The van der Waals surface area contributed by atoms with Crippen LogP contribution in [0.5, 0.6) is 0 Å². The molecule has 1 atom stereocenters. The van der Waals surface area contributed by atoms with E-state index in [-0.39, 0.29) is 11.2 Å². The fourth-order valence-corrected chi connectivity index (χ4v) is 1.85. The molecule has 1 N–H and O–H groups in total. The number of rotatable bonds is 3. The van der Waals surface area contributed by atoms with E-state index in [9.17, 15) is 5.11 Å². The first-order chi connectivity index (χ1) is 8.21. The van der Waals surface area contributed by atoms with Gasteiger partial charge in [-0.1, -0.05) is 0 Å². The van der Waals surface area contributed by atoms with E-state index >= 15 is 0 Å². The van der Waals surface area contributed by atoms with Crippen LogP contribution in [0.1, 0.15) is 34.6 Å². The van der Waals surface area contributed by atoms with E-state index in [4.69, 9.17) is 9.31 Å². The van der Waals surface area contributed by atoms with Gasteiger partial charge in [0.25, 0.3) is 0 Å². The molecule has 5 nitrogen and oxygen atoms in total. The fourth-order valence-electron chi connectivity index (χ4n) is 1.85. The molecule has 0 amide bonds. The maximum absolute atomic E-state index is 9.32. The molecule has 0 spiro atoms. The molecule has 0 bridgehead atoms. The highest BCUT2D eigenvalue weighted by Crippen LogP contribution is 2.36. The molecule has 0 radical (unpaired) electrons. The van der Waals surface area contributed by atoms with Crippen molar-refractivity contribution in [3.8, 4) is 0 Å². The van der Waals surface area contributed by atoms with E-state index in [0.717, 1.165) is 5.46 Å². The summed E-state index contributed by atoms with van der Waals surface area (Å²) in [5, 5.41) is 13.5. The first kappa shape index (κ1) is 13.6. The van der Waals surface area contributed by atoms with Gasteiger partial charge in [0.2, 0.25) is 0 Å². The topological polar surface area (TPSA) is 56.5 Å². The van der Waals surface area contributed by atoms with Gasteiger partial charge in [-0.2, -0.15) is 5.10 Å². The summed E-state index contributed by atoms with van der Waals surface area (Å²) in [6.07, 6.45) is 3.16. The summed E-state index contributed by atoms with van der Waals surface area (Å²) in [4.78, 5) is 0. The molecule has 1 aliphatic rings. The Bertz CT molecular complexity index is 413. The predicted octanol–water partition coefficient (Wildman–Crippen LogP) is 0.563. The Morgan fingerprint density at radius 3 is 2.39 bits per heavy atom. The van der Waals surface area contributed by atoms with Crippen molar-refractivity contribution in [3.63, 3.8) is 0 Å². The highest BCUT2D eigenvalue weighted by molar-refractivity contribution is 6.61. The van der Waals surface area contributed by atoms with Crippen molar-refractivity contribution in [2.75, 3.05) is 0 Å². The Morgan fingerprint density at radius 1 is 1.33 bits per heavy atom. The molecule has 2 heterocycles. The summed E-state index contributed by atoms with van der Waals surface area (Å²) in [6.45, 7) is 10.3. The van der Waals surface area contributed by atoms with Gasteiger partial charge in [0.05, 0.1) is 23.9 Å². The molecular weight excluding hydrogens is 231 g/mol. The average molecular weight is 252 g/mol. The second kappa shape index (κ2) is 4.37. The van der Waals surface area contributed by atoms with Crippen LogP contribution in [0.25, 0.3) is 0 Å². The fraction of sp³-hybridized carbons (Fsp3) is 0.750. The summed E-state index contributed by atoms with van der Waals surface area (Å²) in [6, 6.07) is 0. The van der Waals surface area contributed by atoms with Gasteiger partial charge in [-0.3, -0.25) is 4.68 Å². The second-order valence-electron chi connectivity index (χ2n) is 5.93. The monoisotopic (exact) mass is 252 g/mol. The van der Waals surface area contributed by atoms with E-state index in [0.29, 0.717) is 6.54 Å². The lowest BCUT2D eigenvalue weighted by Gasteiger charge is -2.32. The highest BCUT2D eigenvalue weighted by Gasteiger charge is 2.52. The SMILES string of the molecule is C[C@H](O)Cn1cc(B2OC(C)(C)C(C)(C)O2)cn1. The van der Waals surface area contributed by atoms with Crippen LogP contribution in [0.3, 0.4) is 0 Å². The number of nitrogens with zero attached hydrogens (tertiary/aromatic N) is 2. The van der Waals surface area contributed by atoms with Crippen molar-refractivity contribution < 1.29 is 14.4 Å². The number of aromatic nitrogens is 2. The number of hydrogen-bond acceptors (Lipinski definition) is 4. The Hall–Kier alpha value is -0.845. The normalized spacial score (nSPS) is 23.3. The van der Waals surface area contributed by atoms with E-state index in [1.165, 1.54) is 0 Å². The molecule has 1 aromatic heterocycles. The molecular formula is C12H21BN2O3. The Labute approximate surface area is 108 Å². The summed E-state index contributed by atoms with van der Waals surface area (Å²) in [5.41, 5.74) is 0.197. The van der Waals surface area contributed by atoms with Crippen molar-refractivity contribution >= 4 is 12.6 Å². The van der Waals surface area contributed by atoms with Crippen LogP contribution in [0.4, 0.5) is 0 Å². The van der Waals surface area contributed by atoms with Gasteiger partial charge in [-0.25, -0.2) is 0 Å². The zero-order chi connectivity index (χ0) is 13.6. The molecule has 100 valence electrons. The van der Waals surface area contributed by atoms with Gasteiger partial charge >= 0.3 is 7.12 Å². The standard InChI is InChI=1S/C12H21BN2O3/c1-9(16)7-15-8-10(6-14-15)13-17-11(2,3)12(4,5)18-13/h6,8-9,16H,7H2,1-5H3/t9-/m0/s1. The number of aliphatic hydroxyl groups excluding tert-OH is 1. The van der Waals surface area contributed by atoms with Gasteiger partial charge in [0.1, 0.15) is 0 Å². The molecule has 1 saturated heterocycles. The minimum Gasteiger partial charge on any atom is -0.399 e. The zero-order valence-corrected chi connectivity index (χ0v) is 11.7. The first-order valence-corrected chi connectivity index (χ1v) is 6.27. The van der Waals surface area contributed by atoms with Crippen molar-refractivity contribution in [2.45, 2.75) is 58.5 Å². The van der Waals surface area contributed by atoms with Gasteiger partial charge in [0.15, 0.2) is 0 Å². The minimum atomic E-state index is -0.420. The van der Waals surface area contributed by atoms with Crippen LogP contribution in [-0.2, 0) is 15.9 Å². The molecule has 1 fully saturated rings. The molecule has 1 aromatic rings. The maximum atomic E-state index is 9.32. The van der Waals surface area contributed by atoms with Crippen LogP contribution in [0.2, 0.25) is 0 Å². The second-order valence-corrected chi connectivity index (χ2v) is 5.93. The Morgan fingerprint density at radius 2 is 1.89 bits per heavy atom. The van der Waals surface area contributed by atoms with Crippen LogP contribution in [0.15, 0.2) is 12.4 Å².